The summed E-state index contributed by atoms with van der Waals surface area (Å²) in [5.41, 5.74) is 1.19. The number of methoxy groups -OCH3 is 1. The summed E-state index contributed by atoms with van der Waals surface area (Å²) in [6.07, 6.45) is 1.02. The highest BCUT2D eigenvalue weighted by molar-refractivity contribution is 9.11. The molecule has 2 atom stereocenters. The van der Waals surface area contributed by atoms with Crippen LogP contribution in [-0.4, -0.2) is 14.2 Å². The van der Waals surface area contributed by atoms with Gasteiger partial charge in [-0.05, 0) is 41.2 Å². The first-order valence-electron chi connectivity index (χ1n) is 6.48. The standard InChI is InChI=1S/C15H16BrNO2S/c1-17-11-8-13(14-5-6-15(16)20-14)19-12-7-9(18-2)3-4-10(11)12/h3-7,11,13,17H,8H2,1-2H3. The molecule has 1 aromatic carbocycles. The Morgan fingerprint density at radius 3 is 2.85 bits per heavy atom. The maximum Gasteiger partial charge on any atom is 0.135 e. The molecule has 2 heterocycles. The Morgan fingerprint density at radius 1 is 1.35 bits per heavy atom. The number of hydrogen-bond acceptors (Lipinski definition) is 4. The van der Waals surface area contributed by atoms with Crippen molar-refractivity contribution in [3.63, 3.8) is 0 Å². The van der Waals surface area contributed by atoms with Crippen LogP contribution in [0.25, 0.3) is 0 Å². The number of halogens is 1. The van der Waals surface area contributed by atoms with Crippen LogP contribution in [0.2, 0.25) is 0 Å². The molecule has 1 N–H and O–H groups in total. The molecular weight excluding hydrogens is 338 g/mol. The van der Waals surface area contributed by atoms with Gasteiger partial charge in [0.15, 0.2) is 0 Å². The van der Waals surface area contributed by atoms with Crippen molar-refractivity contribution >= 4 is 27.3 Å². The van der Waals surface area contributed by atoms with Crippen LogP contribution in [0.3, 0.4) is 0 Å². The molecule has 0 amide bonds. The van der Waals surface area contributed by atoms with E-state index < -0.39 is 0 Å². The molecule has 0 radical (unpaired) electrons. The molecule has 0 bridgehead atoms. The molecule has 0 spiro atoms. The van der Waals surface area contributed by atoms with Crippen molar-refractivity contribution in [3.05, 3.63) is 44.6 Å². The summed E-state index contributed by atoms with van der Waals surface area (Å²) in [6, 6.07) is 10.5. The van der Waals surface area contributed by atoms with Crippen molar-refractivity contribution < 1.29 is 9.47 Å². The van der Waals surface area contributed by atoms with E-state index in [9.17, 15) is 0 Å². The van der Waals surface area contributed by atoms with Crippen molar-refractivity contribution in [3.8, 4) is 11.5 Å². The molecule has 3 rings (SSSR count). The zero-order valence-electron chi connectivity index (χ0n) is 11.4. The Morgan fingerprint density at radius 2 is 2.20 bits per heavy atom. The molecule has 1 aliphatic rings. The average Bonchev–Trinajstić information content (AvgIpc) is 2.92. The third-order valence-corrected chi connectivity index (χ3v) is 5.29. The van der Waals surface area contributed by atoms with E-state index in [1.54, 1.807) is 18.4 Å². The van der Waals surface area contributed by atoms with Gasteiger partial charge < -0.3 is 14.8 Å². The first-order chi connectivity index (χ1) is 9.71. The van der Waals surface area contributed by atoms with E-state index in [2.05, 4.69) is 39.4 Å². The van der Waals surface area contributed by atoms with E-state index in [0.29, 0.717) is 6.04 Å². The fourth-order valence-electron chi connectivity index (χ4n) is 2.52. The topological polar surface area (TPSA) is 30.5 Å². The SMILES string of the molecule is CNC1CC(c2ccc(Br)s2)Oc2cc(OC)ccc21. The predicted molar refractivity (Wildman–Crippen MR) is 84.8 cm³/mol. The Labute approximate surface area is 131 Å². The second-order valence-corrected chi connectivity index (χ2v) is 7.22. The highest BCUT2D eigenvalue weighted by Gasteiger charge is 2.29. The van der Waals surface area contributed by atoms with E-state index in [0.717, 1.165) is 21.7 Å². The Bertz CT molecular complexity index is 614. The summed E-state index contributed by atoms with van der Waals surface area (Å²) in [5, 5.41) is 3.38. The first-order valence-corrected chi connectivity index (χ1v) is 8.09. The van der Waals surface area contributed by atoms with Gasteiger partial charge in [0.05, 0.1) is 10.9 Å². The normalized spacial score (nSPS) is 21.1. The first kappa shape index (κ1) is 13.9. The maximum absolute atomic E-state index is 6.18. The van der Waals surface area contributed by atoms with E-state index in [1.807, 2.05) is 19.2 Å². The lowest BCUT2D eigenvalue weighted by Gasteiger charge is -2.31. The lowest BCUT2D eigenvalue weighted by Crippen LogP contribution is -2.26. The van der Waals surface area contributed by atoms with Crippen molar-refractivity contribution in [1.82, 2.24) is 5.32 Å². The fourth-order valence-corrected chi connectivity index (χ4v) is 3.99. The molecule has 5 heteroatoms. The largest absolute Gasteiger partial charge is 0.497 e. The van der Waals surface area contributed by atoms with Crippen LogP contribution in [0, 0.1) is 0 Å². The minimum absolute atomic E-state index is 0.0864. The van der Waals surface area contributed by atoms with Gasteiger partial charge in [0.1, 0.15) is 17.6 Å². The molecular formula is C15H16BrNO2S. The second-order valence-electron chi connectivity index (χ2n) is 4.73. The van der Waals surface area contributed by atoms with Gasteiger partial charge in [-0.3, -0.25) is 0 Å². The lowest BCUT2D eigenvalue weighted by atomic mass is 9.96. The summed E-state index contributed by atoms with van der Waals surface area (Å²) in [6.45, 7) is 0. The smallest absolute Gasteiger partial charge is 0.135 e. The monoisotopic (exact) mass is 353 g/mol. The zero-order valence-corrected chi connectivity index (χ0v) is 13.8. The second kappa shape index (κ2) is 5.76. The molecule has 3 nitrogen and oxygen atoms in total. The lowest BCUT2D eigenvalue weighted by molar-refractivity contribution is 0.156. The van der Waals surface area contributed by atoms with Crippen molar-refractivity contribution in [2.24, 2.45) is 0 Å². The molecule has 0 saturated carbocycles. The van der Waals surface area contributed by atoms with Crippen LogP contribution >= 0.6 is 27.3 Å². The Hall–Kier alpha value is -1.04. The van der Waals surface area contributed by atoms with Crippen LogP contribution in [0.4, 0.5) is 0 Å². The van der Waals surface area contributed by atoms with Gasteiger partial charge in [-0.1, -0.05) is 6.07 Å². The molecule has 2 unspecified atom stereocenters. The van der Waals surface area contributed by atoms with Gasteiger partial charge in [-0.2, -0.15) is 0 Å². The van der Waals surface area contributed by atoms with Crippen molar-refractivity contribution in [2.45, 2.75) is 18.6 Å². The summed E-state index contributed by atoms with van der Waals surface area (Å²) in [7, 11) is 3.67. The number of benzene rings is 1. The molecule has 0 fully saturated rings. The number of fused-ring (bicyclic) bond motifs is 1. The summed E-state index contributed by atoms with van der Waals surface area (Å²) in [4.78, 5) is 1.24. The van der Waals surface area contributed by atoms with Crippen LogP contribution in [0.5, 0.6) is 11.5 Å². The van der Waals surface area contributed by atoms with Gasteiger partial charge >= 0.3 is 0 Å². The summed E-state index contributed by atoms with van der Waals surface area (Å²) < 4.78 is 12.6. The van der Waals surface area contributed by atoms with Crippen LogP contribution < -0.4 is 14.8 Å². The minimum Gasteiger partial charge on any atom is -0.497 e. The predicted octanol–water partition coefficient (Wildman–Crippen LogP) is 4.30. The minimum atomic E-state index is 0.0864. The Kier molecular flexibility index (Phi) is 4.01. The van der Waals surface area contributed by atoms with E-state index >= 15 is 0 Å². The van der Waals surface area contributed by atoms with Gasteiger partial charge in [0.25, 0.3) is 0 Å². The van der Waals surface area contributed by atoms with Crippen LogP contribution in [-0.2, 0) is 0 Å². The maximum atomic E-state index is 6.18. The van der Waals surface area contributed by atoms with Crippen molar-refractivity contribution in [2.75, 3.05) is 14.2 Å². The van der Waals surface area contributed by atoms with Crippen LogP contribution in [0.1, 0.15) is 29.0 Å². The zero-order chi connectivity index (χ0) is 14.1. The molecule has 20 heavy (non-hydrogen) atoms. The summed E-state index contributed by atoms with van der Waals surface area (Å²) in [5.74, 6) is 1.73. The number of thiophene rings is 1. The quantitative estimate of drug-likeness (QED) is 0.891. The molecule has 0 saturated heterocycles. The average molecular weight is 354 g/mol. The Balaban J connectivity index is 1.95. The third-order valence-electron chi connectivity index (χ3n) is 3.57. The van der Waals surface area contributed by atoms with Gasteiger partial charge in [0, 0.05) is 29.0 Å². The highest BCUT2D eigenvalue weighted by atomic mass is 79.9. The van der Waals surface area contributed by atoms with Gasteiger partial charge in [0.2, 0.25) is 0 Å². The summed E-state index contributed by atoms with van der Waals surface area (Å²) >= 11 is 5.24. The van der Waals surface area contributed by atoms with Gasteiger partial charge in [-0.15, -0.1) is 11.3 Å². The molecule has 106 valence electrons. The number of rotatable bonds is 3. The van der Waals surface area contributed by atoms with Crippen LogP contribution in [0.15, 0.2) is 34.1 Å². The van der Waals surface area contributed by atoms with E-state index in [1.165, 1.54) is 10.4 Å². The van der Waals surface area contributed by atoms with E-state index in [-0.39, 0.29) is 6.10 Å². The van der Waals surface area contributed by atoms with Crippen molar-refractivity contribution in [1.29, 1.82) is 0 Å². The molecule has 0 aliphatic carbocycles. The molecule has 1 aliphatic heterocycles. The molecule has 1 aromatic heterocycles. The number of nitrogens with one attached hydrogen (secondary N) is 1. The van der Waals surface area contributed by atoms with E-state index in [4.69, 9.17) is 9.47 Å². The third kappa shape index (κ3) is 2.57. The highest BCUT2D eigenvalue weighted by Crippen LogP contribution is 2.44. The number of ether oxygens (including phenoxy) is 2. The van der Waals surface area contributed by atoms with Gasteiger partial charge in [-0.25, -0.2) is 0 Å². The fraction of sp³-hybridized carbons (Fsp3) is 0.333. The molecule has 2 aromatic rings. The number of hydrogen-bond donors (Lipinski definition) is 1.